The summed E-state index contributed by atoms with van der Waals surface area (Å²) in [6.07, 6.45) is 1.10. The van der Waals surface area contributed by atoms with Gasteiger partial charge in [-0.1, -0.05) is 31.2 Å². The number of hydrogen-bond donors (Lipinski definition) is 1. The van der Waals surface area contributed by atoms with Crippen molar-refractivity contribution in [3.8, 4) is 0 Å². The van der Waals surface area contributed by atoms with Crippen molar-refractivity contribution < 1.29 is 0 Å². The van der Waals surface area contributed by atoms with Crippen molar-refractivity contribution in [3.63, 3.8) is 0 Å². The highest BCUT2D eigenvalue weighted by molar-refractivity contribution is 7.10. The number of rotatable bonds is 4. The molecule has 2 heteroatoms. The van der Waals surface area contributed by atoms with Gasteiger partial charge in [0.2, 0.25) is 0 Å². The van der Waals surface area contributed by atoms with Gasteiger partial charge in [-0.05, 0) is 48.5 Å². The van der Waals surface area contributed by atoms with Crippen LogP contribution in [0.25, 0.3) is 0 Å². The minimum Gasteiger partial charge on any atom is -0.309 e. The summed E-state index contributed by atoms with van der Waals surface area (Å²) in [5.74, 6) is 0. The molecule has 0 bridgehead atoms. The third-order valence-corrected chi connectivity index (χ3v) is 4.24. The van der Waals surface area contributed by atoms with Gasteiger partial charge in [0.1, 0.15) is 0 Å². The first-order valence-corrected chi connectivity index (χ1v) is 6.95. The van der Waals surface area contributed by atoms with Gasteiger partial charge in [0, 0.05) is 4.88 Å². The average molecular weight is 245 g/mol. The van der Waals surface area contributed by atoms with Crippen LogP contribution in [-0.2, 0) is 6.42 Å². The predicted octanol–water partition coefficient (Wildman–Crippen LogP) is 3.93. The first-order valence-electron chi connectivity index (χ1n) is 6.07. The minimum absolute atomic E-state index is 0.325. The van der Waals surface area contributed by atoms with E-state index in [9.17, 15) is 0 Å². The molecule has 90 valence electrons. The van der Waals surface area contributed by atoms with Crippen LogP contribution in [0.2, 0.25) is 0 Å². The van der Waals surface area contributed by atoms with Crippen molar-refractivity contribution in [1.82, 2.24) is 5.32 Å². The standard InChI is InChI=1S/C15H19NS/c1-4-12-9-10-17-15(12)14(16-3)13-8-6-5-7-11(13)2/h5-10,14,16H,4H2,1-3H3. The number of aryl methyl sites for hydroxylation is 2. The molecule has 1 N–H and O–H groups in total. The molecule has 17 heavy (non-hydrogen) atoms. The average Bonchev–Trinajstić information content (AvgIpc) is 2.81. The summed E-state index contributed by atoms with van der Waals surface area (Å²) < 4.78 is 0. The smallest absolute Gasteiger partial charge is 0.0673 e. The van der Waals surface area contributed by atoms with E-state index in [0.29, 0.717) is 6.04 Å². The molecular formula is C15H19NS. The molecule has 0 radical (unpaired) electrons. The highest BCUT2D eigenvalue weighted by atomic mass is 32.1. The Morgan fingerprint density at radius 1 is 1.24 bits per heavy atom. The zero-order valence-electron chi connectivity index (χ0n) is 10.7. The molecular weight excluding hydrogens is 226 g/mol. The van der Waals surface area contributed by atoms with Crippen molar-refractivity contribution >= 4 is 11.3 Å². The maximum Gasteiger partial charge on any atom is 0.0673 e. The van der Waals surface area contributed by atoms with Crippen LogP contribution in [0.1, 0.15) is 34.5 Å². The Morgan fingerprint density at radius 2 is 2.00 bits per heavy atom. The van der Waals surface area contributed by atoms with Crippen molar-refractivity contribution in [2.45, 2.75) is 26.3 Å². The molecule has 1 aromatic carbocycles. The van der Waals surface area contributed by atoms with E-state index in [-0.39, 0.29) is 0 Å². The second-order valence-electron chi connectivity index (χ2n) is 4.24. The maximum absolute atomic E-state index is 3.45. The lowest BCUT2D eigenvalue weighted by Crippen LogP contribution is -2.18. The summed E-state index contributed by atoms with van der Waals surface area (Å²) in [7, 11) is 2.04. The summed E-state index contributed by atoms with van der Waals surface area (Å²) in [6, 6.07) is 11.2. The normalized spacial score (nSPS) is 12.6. The summed E-state index contributed by atoms with van der Waals surface area (Å²) in [5, 5.41) is 5.64. The molecule has 1 nitrogen and oxygen atoms in total. The number of thiophene rings is 1. The van der Waals surface area contributed by atoms with Gasteiger partial charge in [-0.3, -0.25) is 0 Å². The molecule has 0 aliphatic carbocycles. The van der Waals surface area contributed by atoms with Gasteiger partial charge >= 0.3 is 0 Å². The van der Waals surface area contributed by atoms with Gasteiger partial charge in [-0.25, -0.2) is 0 Å². The zero-order valence-corrected chi connectivity index (χ0v) is 11.5. The van der Waals surface area contributed by atoms with Crippen LogP contribution in [0.4, 0.5) is 0 Å². The fraction of sp³-hybridized carbons (Fsp3) is 0.333. The molecule has 0 saturated carbocycles. The Balaban J connectivity index is 2.44. The maximum atomic E-state index is 3.45. The Labute approximate surface area is 108 Å². The number of nitrogens with one attached hydrogen (secondary N) is 1. The number of hydrogen-bond acceptors (Lipinski definition) is 2. The molecule has 0 aliphatic rings. The van der Waals surface area contributed by atoms with Crippen LogP contribution < -0.4 is 5.32 Å². The van der Waals surface area contributed by atoms with E-state index in [1.807, 2.05) is 18.4 Å². The lowest BCUT2D eigenvalue weighted by atomic mass is 9.97. The van der Waals surface area contributed by atoms with Crippen LogP contribution in [0.15, 0.2) is 35.7 Å². The quantitative estimate of drug-likeness (QED) is 0.860. The third kappa shape index (κ3) is 2.43. The Hall–Kier alpha value is -1.12. The second-order valence-corrected chi connectivity index (χ2v) is 5.19. The molecule has 0 saturated heterocycles. The van der Waals surface area contributed by atoms with E-state index in [4.69, 9.17) is 0 Å². The molecule has 0 spiro atoms. The summed E-state index contributed by atoms with van der Waals surface area (Å²) in [5.41, 5.74) is 4.19. The van der Waals surface area contributed by atoms with E-state index in [1.165, 1.54) is 21.6 Å². The largest absolute Gasteiger partial charge is 0.309 e. The van der Waals surface area contributed by atoms with Gasteiger partial charge in [0.25, 0.3) is 0 Å². The van der Waals surface area contributed by atoms with Crippen molar-refractivity contribution in [3.05, 3.63) is 57.3 Å². The van der Waals surface area contributed by atoms with Gasteiger partial charge in [-0.2, -0.15) is 0 Å². The SMILES string of the molecule is CCc1ccsc1C(NC)c1ccccc1C. The van der Waals surface area contributed by atoms with Crippen LogP contribution in [0, 0.1) is 6.92 Å². The van der Waals surface area contributed by atoms with Crippen LogP contribution in [0.3, 0.4) is 0 Å². The van der Waals surface area contributed by atoms with Crippen molar-refractivity contribution in [2.75, 3.05) is 7.05 Å². The summed E-state index contributed by atoms with van der Waals surface area (Å²) in [4.78, 5) is 1.45. The molecule has 1 heterocycles. The van der Waals surface area contributed by atoms with Crippen LogP contribution in [0.5, 0.6) is 0 Å². The first-order chi connectivity index (χ1) is 8.27. The lowest BCUT2D eigenvalue weighted by molar-refractivity contribution is 0.693. The molecule has 2 aromatic rings. The van der Waals surface area contributed by atoms with E-state index < -0.39 is 0 Å². The Bertz CT molecular complexity index is 487. The van der Waals surface area contributed by atoms with Crippen LogP contribution in [-0.4, -0.2) is 7.05 Å². The van der Waals surface area contributed by atoms with Crippen LogP contribution >= 0.6 is 11.3 Å². The van der Waals surface area contributed by atoms with Crippen molar-refractivity contribution in [2.24, 2.45) is 0 Å². The monoisotopic (exact) mass is 245 g/mol. The molecule has 0 amide bonds. The first kappa shape index (κ1) is 12.3. The van der Waals surface area contributed by atoms with Gasteiger partial charge in [-0.15, -0.1) is 11.3 Å². The van der Waals surface area contributed by atoms with E-state index in [1.54, 1.807) is 0 Å². The Morgan fingerprint density at radius 3 is 2.65 bits per heavy atom. The number of benzene rings is 1. The highest BCUT2D eigenvalue weighted by Gasteiger charge is 2.17. The zero-order chi connectivity index (χ0) is 12.3. The third-order valence-electron chi connectivity index (χ3n) is 3.21. The molecule has 1 atom stereocenters. The molecule has 2 rings (SSSR count). The molecule has 0 aliphatic heterocycles. The van der Waals surface area contributed by atoms with Gasteiger partial charge in [0.15, 0.2) is 0 Å². The minimum atomic E-state index is 0.325. The van der Waals surface area contributed by atoms with Gasteiger partial charge in [0.05, 0.1) is 6.04 Å². The fourth-order valence-corrected chi connectivity index (χ4v) is 3.35. The van der Waals surface area contributed by atoms with Crippen molar-refractivity contribution in [1.29, 1.82) is 0 Å². The Kier molecular flexibility index (Phi) is 3.97. The van der Waals surface area contributed by atoms with E-state index in [0.717, 1.165) is 6.42 Å². The fourth-order valence-electron chi connectivity index (χ4n) is 2.23. The van der Waals surface area contributed by atoms with E-state index in [2.05, 4.69) is 54.9 Å². The summed E-state index contributed by atoms with van der Waals surface area (Å²) in [6.45, 7) is 4.40. The predicted molar refractivity (Wildman–Crippen MR) is 75.8 cm³/mol. The highest BCUT2D eigenvalue weighted by Crippen LogP contribution is 2.31. The molecule has 1 unspecified atom stereocenters. The topological polar surface area (TPSA) is 12.0 Å². The lowest BCUT2D eigenvalue weighted by Gasteiger charge is -2.19. The van der Waals surface area contributed by atoms with E-state index >= 15 is 0 Å². The second kappa shape index (κ2) is 5.48. The molecule has 0 fully saturated rings. The van der Waals surface area contributed by atoms with Gasteiger partial charge < -0.3 is 5.32 Å². The molecule has 1 aromatic heterocycles. The summed E-state index contributed by atoms with van der Waals surface area (Å²) >= 11 is 1.85.